The van der Waals surface area contributed by atoms with Gasteiger partial charge >= 0.3 is 0 Å². The molecule has 0 radical (unpaired) electrons. The summed E-state index contributed by atoms with van der Waals surface area (Å²) in [6.07, 6.45) is 2.52. The van der Waals surface area contributed by atoms with Crippen LogP contribution in [0.5, 0.6) is 0 Å². The highest BCUT2D eigenvalue weighted by Crippen LogP contribution is 2.19. The largest absolute Gasteiger partial charge is 0.381 e. The highest BCUT2D eigenvalue weighted by atomic mass is 79.9. The number of nitrogens with one attached hydrogen (secondary N) is 1. The Hall–Kier alpha value is -0.910. The molecule has 1 amide bonds. The molecule has 0 aliphatic carbocycles. The summed E-state index contributed by atoms with van der Waals surface area (Å²) in [6.45, 7) is 3.42. The minimum atomic E-state index is -0.435. The lowest BCUT2D eigenvalue weighted by Crippen LogP contribution is -2.49. The third kappa shape index (κ3) is 4.80. The Labute approximate surface area is 134 Å². The Kier molecular flexibility index (Phi) is 6.21. The van der Waals surface area contributed by atoms with Crippen LogP contribution in [0.3, 0.4) is 0 Å². The summed E-state index contributed by atoms with van der Waals surface area (Å²) >= 11 is 3.53. The normalized spacial score (nSPS) is 19.0. The highest BCUT2D eigenvalue weighted by Gasteiger charge is 2.27. The maximum absolute atomic E-state index is 12.2. The first kappa shape index (κ1) is 16.5. The number of carbonyl (C=O) groups excluding carboxylic acids is 1. The number of amides is 1. The predicted molar refractivity (Wildman–Crippen MR) is 87.0 cm³/mol. The smallest absolute Gasteiger partial charge is 0.237 e. The average Bonchev–Trinajstić information content (AvgIpc) is 2.49. The van der Waals surface area contributed by atoms with E-state index in [1.807, 2.05) is 25.1 Å². The second-order valence-electron chi connectivity index (χ2n) is 5.68. The van der Waals surface area contributed by atoms with Gasteiger partial charge in [-0.3, -0.25) is 4.79 Å². The number of ether oxygens (including phenoxy) is 1. The molecule has 2 atom stereocenters. The van der Waals surface area contributed by atoms with Gasteiger partial charge in [0.2, 0.25) is 5.91 Å². The number of rotatable bonds is 5. The van der Waals surface area contributed by atoms with Gasteiger partial charge in [0.15, 0.2) is 0 Å². The number of nitrogens with two attached hydrogens (primary N) is 1. The third-order valence-corrected chi connectivity index (χ3v) is 4.72. The van der Waals surface area contributed by atoms with Crippen LogP contribution in [0.15, 0.2) is 28.7 Å². The zero-order valence-electron chi connectivity index (χ0n) is 12.3. The predicted octanol–water partition coefficient (Wildman–Crippen LogP) is 2.25. The van der Waals surface area contributed by atoms with Crippen molar-refractivity contribution in [2.24, 2.45) is 11.7 Å². The van der Waals surface area contributed by atoms with Crippen molar-refractivity contribution >= 4 is 21.8 Å². The Morgan fingerprint density at radius 2 is 2.10 bits per heavy atom. The summed E-state index contributed by atoms with van der Waals surface area (Å²) in [5, 5.41) is 3.03. The Morgan fingerprint density at radius 3 is 2.76 bits per heavy atom. The molecule has 1 heterocycles. The van der Waals surface area contributed by atoms with Gasteiger partial charge in [0.05, 0.1) is 6.04 Å². The zero-order chi connectivity index (χ0) is 15.2. The molecule has 0 saturated carbocycles. The summed E-state index contributed by atoms with van der Waals surface area (Å²) in [7, 11) is 0. The van der Waals surface area contributed by atoms with E-state index in [0.29, 0.717) is 13.2 Å². The molecular weight excluding hydrogens is 332 g/mol. The maximum Gasteiger partial charge on any atom is 0.237 e. The van der Waals surface area contributed by atoms with E-state index in [4.69, 9.17) is 10.5 Å². The number of benzene rings is 1. The van der Waals surface area contributed by atoms with Crippen molar-refractivity contribution in [1.82, 2.24) is 5.32 Å². The van der Waals surface area contributed by atoms with E-state index in [1.165, 1.54) is 5.56 Å². The summed E-state index contributed by atoms with van der Waals surface area (Å²) < 4.78 is 6.38. The molecule has 1 saturated heterocycles. The highest BCUT2D eigenvalue weighted by molar-refractivity contribution is 9.10. The van der Waals surface area contributed by atoms with Crippen LogP contribution in [0, 0.1) is 5.92 Å². The van der Waals surface area contributed by atoms with E-state index < -0.39 is 6.04 Å². The topological polar surface area (TPSA) is 64.4 Å². The van der Waals surface area contributed by atoms with Crippen molar-refractivity contribution in [3.8, 4) is 0 Å². The van der Waals surface area contributed by atoms with Crippen LogP contribution < -0.4 is 11.1 Å². The minimum absolute atomic E-state index is 0.0542. The van der Waals surface area contributed by atoms with Gasteiger partial charge in [-0.2, -0.15) is 0 Å². The first-order valence-corrected chi connectivity index (χ1v) is 8.24. The fourth-order valence-corrected chi connectivity index (χ4v) is 3.12. The third-order valence-electron chi connectivity index (χ3n) is 3.95. The van der Waals surface area contributed by atoms with Gasteiger partial charge in [-0.05, 0) is 43.7 Å². The van der Waals surface area contributed by atoms with Crippen molar-refractivity contribution in [3.05, 3.63) is 34.3 Å². The molecule has 1 aromatic carbocycles. The number of hydrogen-bond donors (Lipinski definition) is 2. The monoisotopic (exact) mass is 354 g/mol. The van der Waals surface area contributed by atoms with Crippen molar-refractivity contribution < 1.29 is 9.53 Å². The van der Waals surface area contributed by atoms with Crippen molar-refractivity contribution in [2.75, 3.05) is 13.2 Å². The fourth-order valence-electron chi connectivity index (χ4n) is 2.67. The van der Waals surface area contributed by atoms with Crippen molar-refractivity contribution in [1.29, 1.82) is 0 Å². The van der Waals surface area contributed by atoms with E-state index in [9.17, 15) is 4.79 Å². The lowest BCUT2D eigenvalue weighted by molar-refractivity contribution is -0.124. The number of halogens is 1. The summed E-state index contributed by atoms with van der Waals surface area (Å²) in [4.78, 5) is 12.2. The fraction of sp³-hybridized carbons (Fsp3) is 0.562. The molecule has 0 spiro atoms. The Bertz CT molecular complexity index is 475. The van der Waals surface area contributed by atoms with Crippen LogP contribution in [0.2, 0.25) is 0 Å². The SMILES string of the molecule is CC(Cc1ccccc1Br)NC(=O)C(N)C1CCOCC1. The van der Waals surface area contributed by atoms with E-state index in [2.05, 4.69) is 27.3 Å². The van der Waals surface area contributed by atoms with Crippen LogP contribution in [-0.4, -0.2) is 31.2 Å². The van der Waals surface area contributed by atoms with Crippen LogP contribution in [0.1, 0.15) is 25.3 Å². The molecule has 2 rings (SSSR count). The van der Waals surface area contributed by atoms with Gasteiger partial charge in [-0.1, -0.05) is 34.1 Å². The van der Waals surface area contributed by atoms with Gasteiger partial charge in [0, 0.05) is 23.7 Å². The first-order valence-electron chi connectivity index (χ1n) is 7.45. The molecule has 3 N–H and O–H groups in total. The summed E-state index contributed by atoms with van der Waals surface area (Å²) in [6, 6.07) is 7.68. The molecule has 5 heteroatoms. The standard InChI is InChI=1S/C16H23BrN2O2/c1-11(10-13-4-2-3-5-14(13)17)19-16(20)15(18)12-6-8-21-9-7-12/h2-5,11-12,15H,6-10,18H2,1H3,(H,19,20). The Balaban J connectivity index is 1.85. The van der Waals surface area contributed by atoms with Crippen LogP contribution in [-0.2, 0) is 16.0 Å². The molecule has 0 bridgehead atoms. The molecule has 21 heavy (non-hydrogen) atoms. The van der Waals surface area contributed by atoms with Gasteiger partial charge in [0.25, 0.3) is 0 Å². The molecule has 116 valence electrons. The lowest BCUT2D eigenvalue weighted by atomic mass is 9.91. The van der Waals surface area contributed by atoms with Gasteiger partial charge in [-0.25, -0.2) is 0 Å². The molecule has 1 fully saturated rings. The van der Waals surface area contributed by atoms with Crippen molar-refractivity contribution in [3.63, 3.8) is 0 Å². The molecule has 0 aromatic heterocycles. The maximum atomic E-state index is 12.2. The Morgan fingerprint density at radius 1 is 1.43 bits per heavy atom. The van der Waals surface area contributed by atoms with Gasteiger partial charge in [0.1, 0.15) is 0 Å². The average molecular weight is 355 g/mol. The summed E-state index contributed by atoms with van der Waals surface area (Å²) in [5.41, 5.74) is 7.27. The molecule has 4 nitrogen and oxygen atoms in total. The van der Waals surface area contributed by atoms with Crippen molar-refractivity contribution in [2.45, 2.75) is 38.3 Å². The second kappa shape index (κ2) is 7.92. The molecule has 1 aromatic rings. The molecule has 1 aliphatic rings. The molecule has 2 unspecified atom stereocenters. The van der Waals surface area contributed by atoms with E-state index in [-0.39, 0.29) is 17.9 Å². The molecule has 1 aliphatic heterocycles. The van der Waals surface area contributed by atoms with Gasteiger partial charge in [-0.15, -0.1) is 0 Å². The number of hydrogen-bond acceptors (Lipinski definition) is 3. The van der Waals surface area contributed by atoms with Crippen LogP contribution in [0.25, 0.3) is 0 Å². The zero-order valence-corrected chi connectivity index (χ0v) is 13.9. The minimum Gasteiger partial charge on any atom is -0.381 e. The lowest BCUT2D eigenvalue weighted by Gasteiger charge is -2.28. The second-order valence-corrected chi connectivity index (χ2v) is 6.54. The summed E-state index contributed by atoms with van der Waals surface area (Å²) in [5.74, 6) is 0.177. The number of carbonyl (C=O) groups is 1. The first-order chi connectivity index (χ1) is 10.1. The quantitative estimate of drug-likeness (QED) is 0.852. The van der Waals surface area contributed by atoms with Gasteiger partial charge < -0.3 is 15.8 Å². The van der Waals surface area contributed by atoms with E-state index in [1.54, 1.807) is 0 Å². The molecular formula is C16H23BrN2O2. The van der Waals surface area contributed by atoms with E-state index >= 15 is 0 Å². The van der Waals surface area contributed by atoms with Crippen LogP contribution >= 0.6 is 15.9 Å². The van der Waals surface area contributed by atoms with E-state index in [0.717, 1.165) is 23.7 Å². The van der Waals surface area contributed by atoms with Crippen LogP contribution in [0.4, 0.5) is 0 Å².